The van der Waals surface area contributed by atoms with Gasteiger partial charge in [0.05, 0.1) is 0 Å². The fraction of sp³-hybridized carbons (Fsp3) is 0.800. The van der Waals surface area contributed by atoms with Gasteiger partial charge >= 0.3 is 0 Å². The van der Waals surface area contributed by atoms with Gasteiger partial charge in [-0.2, -0.15) is 27.9 Å². The van der Waals surface area contributed by atoms with Gasteiger partial charge in [-0.1, -0.05) is 13.8 Å². The zero-order valence-corrected chi connectivity index (χ0v) is 12.1. The molecular formula is C10H17N3S3. The van der Waals surface area contributed by atoms with Crippen LogP contribution in [0, 0.1) is 0 Å². The fourth-order valence-corrected chi connectivity index (χ4v) is 4.72. The van der Waals surface area contributed by atoms with Crippen molar-refractivity contribution in [3.8, 4) is 0 Å². The Morgan fingerprint density at radius 3 is 2.94 bits per heavy atom. The Morgan fingerprint density at radius 2 is 2.31 bits per heavy atom. The lowest BCUT2D eigenvalue weighted by atomic mass is 10.2. The van der Waals surface area contributed by atoms with Crippen LogP contribution in [0.25, 0.3) is 0 Å². The Kier molecular flexibility index (Phi) is 4.79. The third-order valence-electron chi connectivity index (χ3n) is 2.32. The lowest BCUT2D eigenvalue weighted by molar-refractivity contribution is 0.799. The summed E-state index contributed by atoms with van der Waals surface area (Å²) in [7, 11) is 0. The van der Waals surface area contributed by atoms with E-state index in [9.17, 15) is 0 Å². The Hall–Kier alpha value is 0.0600. The minimum absolute atomic E-state index is 0.423. The first kappa shape index (κ1) is 12.5. The molecule has 1 fully saturated rings. The lowest BCUT2D eigenvalue weighted by Gasteiger charge is -2.20. The number of hydrogen-bond donors (Lipinski definition) is 1. The third-order valence-corrected chi connectivity index (χ3v) is 5.86. The molecule has 1 N–H and O–H groups in total. The van der Waals surface area contributed by atoms with Gasteiger partial charge in [0.25, 0.3) is 0 Å². The molecule has 0 aromatic carbocycles. The van der Waals surface area contributed by atoms with Gasteiger partial charge < -0.3 is 5.32 Å². The van der Waals surface area contributed by atoms with Gasteiger partial charge in [-0.25, -0.2) is 4.98 Å². The molecule has 6 heteroatoms. The molecule has 1 unspecified atom stereocenters. The number of hydrogen-bond acceptors (Lipinski definition) is 6. The summed E-state index contributed by atoms with van der Waals surface area (Å²) in [5, 5.41) is 5.10. The first-order valence-electron chi connectivity index (χ1n) is 5.52. The van der Waals surface area contributed by atoms with E-state index in [1.807, 2.05) is 0 Å². The number of nitrogens with zero attached hydrogens (tertiary/aromatic N) is 2. The molecule has 0 bridgehead atoms. The van der Waals surface area contributed by atoms with Crippen molar-refractivity contribution in [3.05, 3.63) is 5.82 Å². The summed E-state index contributed by atoms with van der Waals surface area (Å²) in [4.78, 5) is 4.47. The molecule has 1 atom stereocenters. The van der Waals surface area contributed by atoms with Crippen molar-refractivity contribution >= 4 is 40.2 Å². The number of aromatic nitrogens is 2. The highest BCUT2D eigenvalue weighted by Gasteiger charge is 2.15. The topological polar surface area (TPSA) is 37.8 Å². The molecular weight excluding hydrogens is 258 g/mol. The zero-order chi connectivity index (χ0) is 11.4. The van der Waals surface area contributed by atoms with Crippen molar-refractivity contribution in [3.63, 3.8) is 0 Å². The summed E-state index contributed by atoms with van der Waals surface area (Å²) in [5.74, 6) is 5.22. The third kappa shape index (κ3) is 3.53. The molecule has 16 heavy (non-hydrogen) atoms. The fourth-order valence-electron chi connectivity index (χ4n) is 1.40. The van der Waals surface area contributed by atoms with Crippen LogP contribution in [0.5, 0.6) is 0 Å². The Bertz CT molecular complexity index is 321. The quantitative estimate of drug-likeness (QED) is 0.914. The van der Waals surface area contributed by atoms with Crippen molar-refractivity contribution in [2.75, 3.05) is 29.1 Å². The second-order valence-electron chi connectivity index (χ2n) is 4.06. The second-order valence-corrected chi connectivity index (χ2v) is 7.37. The minimum atomic E-state index is 0.423. The maximum atomic E-state index is 4.47. The Balaban J connectivity index is 1.79. The maximum absolute atomic E-state index is 4.47. The Morgan fingerprint density at radius 1 is 1.44 bits per heavy atom. The molecule has 1 aliphatic heterocycles. The summed E-state index contributed by atoms with van der Waals surface area (Å²) >= 11 is 5.60. The summed E-state index contributed by atoms with van der Waals surface area (Å²) in [6, 6.07) is 0. The van der Waals surface area contributed by atoms with Gasteiger partial charge in [0.2, 0.25) is 5.13 Å². The van der Waals surface area contributed by atoms with Gasteiger partial charge in [0.15, 0.2) is 0 Å². The highest BCUT2D eigenvalue weighted by atomic mass is 32.2. The van der Waals surface area contributed by atoms with E-state index >= 15 is 0 Å². The second kappa shape index (κ2) is 6.12. The van der Waals surface area contributed by atoms with Gasteiger partial charge in [-0.3, -0.25) is 0 Å². The van der Waals surface area contributed by atoms with Gasteiger partial charge in [0.1, 0.15) is 5.82 Å². The number of rotatable bonds is 4. The van der Waals surface area contributed by atoms with Crippen molar-refractivity contribution in [1.82, 2.24) is 9.36 Å². The van der Waals surface area contributed by atoms with Crippen LogP contribution in [-0.2, 0) is 0 Å². The Labute approximate surface area is 109 Å². The van der Waals surface area contributed by atoms with Crippen LogP contribution in [0.4, 0.5) is 5.13 Å². The molecule has 0 radical (unpaired) electrons. The minimum Gasteiger partial charge on any atom is -0.359 e. The smallest absolute Gasteiger partial charge is 0.202 e. The standard InChI is InChI=1S/C10H17N3S3/c1-7(2)9-12-10(16-13-9)11-5-8-6-14-3-4-15-8/h7-8H,3-6H2,1-2H3,(H,11,12,13). The predicted molar refractivity (Wildman–Crippen MR) is 76.1 cm³/mol. The van der Waals surface area contributed by atoms with Gasteiger partial charge in [-0.05, 0) is 0 Å². The summed E-state index contributed by atoms with van der Waals surface area (Å²) in [6.45, 7) is 5.27. The monoisotopic (exact) mass is 275 g/mol. The average Bonchev–Trinajstić information content (AvgIpc) is 2.76. The van der Waals surface area contributed by atoms with E-state index in [4.69, 9.17) is 0 Å². The summed E-state index contributed by atoms with van der Waals surface area (Å²) in [6.07, 6.45) is 0. The molecule has 0 spiro atoms. The van der Waals surface area contributed by atoms with Crippen molar-refractivity contribution in [1.29, 1.82) is 0 Å². The van der Waals surface area contributed by atoms with E-state index in [0.717, 1.165) is 22.8 Å². The van der Waals surface area contributed by atoms with Crippen LogP contribution < -0.4 is 5.32 Å². The molecule has 1 aromatic rings. The number of nitrogens with one attached hydrogen (secondary N) is 1. The van der Waals surface area contributed by atoms with Gasteiger partial charge in [0, 0.05) is 46.5 Å². The molecule has 1 saturated heterocycles. The molecule has 2 heterocycles. The van der Waals surface area contributed by atoms with E-state index in [0.29, 0.717) is 5.92 Å². The first-order chi connectivity index (χ1) is 7.75. The van der Waals surface area contributed by atoms with E-state index in [-0.39, 0.29) is 0 Å². The lowest BCUT2D eigenvalue weighted by Crippen LogP contribution is -2.23. The van der Waals surface area contributed by atoms with Crippen LogP contribution in [0.2, 0.25) is 0 Å². The SMILES string of the molecule is CC(C)c1nsc(NCC2CSCCS2)n1. The van der Waals surface area contributed by atoms with Crippen molar-refractivity contribution < 1.29 is 0 Å². The van der Waals surface area contributed by atoms with Crippen LogP contribution in [0.15, 0.2) is 0 Å². The number of thioether (sulfide) groups is 2. The molecule has 1 aliphatic rings. The maximum Gasteiger partial charge on any atom is 0.202 e. The van der Waals surface area contributed by atoms with Crippen LogP contribution >= 0.6 is 35.1 Å². The van der Waals surface area contributed by atoms with E-state index < -0.39 is 0 Å². The van der Waals surface area contributed by atoms with Crippen molar-refractivity contribution in [2.45, 2.75) is 25.0 Å². The molecule has 2 rings (SSSR count). The average molecular weight is 275 g/mol. The molecule has 3 nitrogen and oxygen atoms in total. The highest BCUT2D eigenvalue weighted by molar-refractivity contribution is 8.06. The molecule has 0 aliphatic carbocycles. The zero-order valence-electron chi connectivity index (χ0n) is 9.60. The summed E-state index contributed by atoms with van der Waals surface area (Å²) < 4.78 is 4.34. The van der Waals surface area contributed by atoms with E-state index in [1.54, 1.807) is 0 Å². The number of anilines is 1. The van der Waals surface area contributed by atoms with E-state index in [1.165, 1.54) is 28.8 Å². The summed E-state index contributed by atoms with van der Waals surface area (Å²) in [5.41, 5.74) is 0. The molecule has 1 aromatic heterocycles. The highest BCUT2D eigenvalue weighted by Crippen LogP contribution is 2.25. The molecule has 0 amide bonds. The normalized spacial score (nSPS) is 21.3. The van der Waals surface area contributed by atoms with E-state index in [2.05, 4.69) is 52.0 Å². The van der Waals surface area contributed by atoms with Crippen LogP contribution in [0.3, 0.4) is 0 Å². The van der Waals surface area contributed by atoms with Crippen LogP contribution in [0.1, 0.15) is 25.6 Å². The van der Waals surface area contributed by atoms with Gasteiger partial charge in [-0.15, -0.1) is 0 Å². The molecule has 90 valence electrons. The first-order valence-corrected chi connectivity index (χ1v) is 8.50. The molecule has 0 saturated carbocycles. The predicted octanol–water partition coefficient (Wildman–Crippen LogP) is 2.92. The van der Waals surface area contributed by atoms with Crippen LogP contribution in [-0.4, -0.2) is 38.4 Å². The largest absolute Gasteiger partial charge is 0.359 e. The van der Waals surface area contributed by atoms with Crippen molar-refractivity contribution in [2.24, 2.45) is 0 Å².